The van der Waals surface area contributed by atoms with Gasteiger partial charge >= 0.3 is 5.97 Å². The zero-order valence-electron chi connectivity index (χ0n) is 10.6. The summed E-state index contributed by atoms with van der Waals surface area (Å²) in [7, 11) is 0. The van der Waals surface area contributed by atoms with Gasteiger partial charge in [0.2, 0.25) is 5.79 Å². The fourth-order valence-electron chi connectivity index (χ4n) is 3.70. The van der Waals surface area contributed by atoms with Gasteiger partial charge in [-0.05, 0) is 24.2 Å². The van der Waals surface area contributed by atoms with E-state index in [1.807, 2.05) is 20.8 Å². The van der Waals surface area contributed by atoms with Gasteiger partial charge in [-0.3, -0.25) is 0 Å². The van der Waals surface area contributed by atoms with Crippen molar-refractivity contribution in [1.29, 1.82) is 0 Å². The zero-order chi connectivity index (χ0) is 13.1. The molecule has 0 spiro atoms. The summed E-state index contributed by atoms with van der Waals surface area (Å²) in [4.78, 5) is 11.3. The second kappa shape index (κ2) is 3.33. The number of esters is 1. The van der Waals surface area contributed by atoms with Crippen LogP contribution in [-0.2, 0) is 9.53 Å². The van der Waals surface area contributed by atoms with E-state index in [0.717, 1.165) is 18.9 Å². The van der Waals surface area contributed by atoms with E-state index in [9.17, 15) is 15.0 Å². The molecule has 0 amide bonds. The summed E-state index contributed by atoms with van der Waals surface area (Å²) in [5.41, 5.74) is -0.884. The van der Waals surface area contributed by atoms with E-state index in [2.05, 4.69) is 6.58 Å². The Hall–Kier alpha value is -0.870. The second-order valence-corrected chi connectivity index (χ2v) is 5.97. The summed E-state index contributed by atoms with van der Waals surface area (Å²) in [6.07, 6.45) is 1.56. The molecule has 2 rings (SSSR count). The SMILES string of the molecule is C=CC(=O)OC1(O)C(O)C2CCC1(C)C2(C)C. The molecule has 2 bridgehead atoms. The molecule has 4 atom stereocenters. The molecule has 0 saturated heterocycles. The molecule has 17 heavy (non-hydrogen) atoms. The first kappa shape index (κ1) is 12.6. The molecule has 0 aromatic carbocycles. The highest BCUT2D eigenvalue weighted by Crippen LogP contribution is 2.69. The molecule has 2 aliphatic rings. The maximum atomic E-state index is 11.3. The Morgan fingerprint density at radius 1 is 1.47 bits per heavy atom. The highest BCUT2D eigenvalue weighted by Gasteiger charge is 2.75. The Labute approximate surface area is 101 Å². The van der Waals surface area contributed by atoms with Crippen molar-refractivity contribution in [3.63, 3.8) is 0 Å². The fourth-order valence-corrected chi connectivity index (χ4v) is 3.70. The monoisotopic (exact) mass is 240 g/mol. The number of aliphatic hydroxyl groups is 2. The van der Waals surface area contributed by atoms with Gasteiger partial charge in [0, 0.05) is 11.5 Å². The van der Waals surface area contributed by atoms with Crippen molar-refractivity contribution in [1.82, 2.24) is 0 Å². The van der Waals surface area contributed by atoms with E-state index in [1.165, 1.54) is 0 Å². The smallest absolute Gasteiger partial charge is 0.332 e. The first-order chi connectivity index (χ1) is 7.70. The molecule has 2 fully saturated rings. The lowest BCUT2D eigenvalue weighted by Crippen LogP contribution is -2.56. The molecule has 2 N–H and O–H groups in total. The minimum absolute atomic E-state index is 0.0462. The predicted molar refractivity (Wildman–Crippen MR) is 61.9 cm³/mol. The van der Waals surface area contributed by atoms with Crippen molar-refractivity contribution in [3.05, 3.63) is 12.7 Å². The average Bonchev–Trinajstić information content (AvgIpc) is 2.53. The van der Waals surface area contributed by atoms with E-state index in [1.54, 1.807) is 0 Å². The Kier molecular flexibility index (Phi) is 2.46. The molecule has 0 radical (unpaired) electrons. The number of hydrogen-bond acceptors (Lipinski definition) is 4. The highest BCUT2D eigenvalue weighted by molar-refractivity contribution is 5.81. The second-order valence-electron chi connectivity index (χ2n) is 5.97. The lowest BCUT2D eigenvalue weighted by Gasteiger charge is -2.44. The summed E-state index contributed by atoms with van der Waals surface area (Å²) < 4.78 is 5.08. The number of ether oxygens (including phenoxy) is 1. The fraction of sp³-hybridized carbons (Fsp3) is 0.769. The average molecular weight is 240 g/mol. The Bertz CT molecular complexity index is 376. The maximum absolute atomic E-state index is 11.3. The van der Waals surface area contributed by atoms with Gasteiger partial charge in [-0.1, -0.05) is 27.4 Å². The number of carbonyl (C=O) groups is 1. The number of rotatable bonds is 2. The van der Waals surface area contributed by atoms with Crippen molar-refractivity contribution in [2.24, 2.45) is 16.7 Å². The minimum atomic E-state index is -1.80. The molecular weight excluding hydrogens is 220 g/mol. The number of hydrogen-bond donors (Lipinski definition) is 2. The zero-order valence-corrected chi connectivity index (χ0v) is 10.6. The van der Waals surface area contributed by atoms with Crippen molar-refractivity contribution >= 4 is 5.97 Å². The van der Waals surface area contributed by atoms with Crippen LogP contribution in [0.5, 0.6) is 0 Å². The van der Waals surface area contributed by atoms with Gasteiger partial charge in [0.15, 0.2) is 0 Å². The van der Waals surface area contributed by atoms with Crippen LogP contribution >= 0.6 is 0 Å². The third kappa shape index (κ3) is 1.23. The van der Waals surface area contributed by atoms with E-state index >= 15 is 0 Å². The molecule has 0 aromatic rings. The molecule has 4 heteroatoms. The first-order valence-electron chi connectivity index (χ1n) is 5.96. The van der Waals surface area contributed by atoms with Gasteiger partial charge in [-0.15, -0.1) is 0 Å². The van der Waals surface area contributed by atoms with Crippen LogP contribution in [0.25, 0.3) is 0 Å². The number of carbonyl (C=O) groups excluding carboxylic acids is 1. The van der Waals surface area contributed by atoms with Gasteiger partial charge in [-0.25, -0.2) is 4.79 Å². The maximum Gasteiger partial charge on any atom is 0.332 e. The van der Waals surface area contributed by atoms with Gasteiger partial charge < -0.3 is 14.9 Å². The third-order valence-corrected chi connectivity index (χ3v) is 5.30. The Morgan fingerprint density at radius 2 is 2.06 bits per heavy atom. The Balaban J connectivity index is 2.42. The van der Waals surface area contributed by atoms with Crippen LogP contribution in [0.4, 0.5) is 0 Å². The third-order valence-electron chi connectivity index (χ3n) is 5.30. The quantitative estimate of drug-likeness (QED) is 0.433. The van der Waals surface area contributed by atoms with Gasteiger partial charge in [0.25, 0.3) is 0 Å². The predicted octanol–water partition coefficient (Wildman–Crippen LogP) is 1.22. The van der Waals surface area contributed by atoms with Crippen LogP contribution in [0.3, 0.4) is 0 Å². The van der Waals surface area contributed by atoms with Crippen molar-refractivity contribution < 1.29 is 19.7 Å². The molecule has 2 saturated carbocycles. The molecule has 4 unspecified atom stereocenters. The molecular formula is C13H20O4. The summed E-state index contributed by atoms with van der Waals surface area (Å²) in [5.74, 6) is -2.55. The van der Waals surface area contributed by atoms with Gasteiger partial charge in [0.1, 0.15) is 6.10 Å². The number of fused-ring (bicyclic) bond motifs is 2. The van der Waals surface area contributed by atoms with Crippen molar-refractivity contribution in [3.8, 4) is 0 Å². The lowest BCUT2D eigenvalue weighted by atomic mass is 9.68. The van der Waals surface area contributed by atoms with E-state index in [-0.39, 0.29) is 11.3 Å². The lowest BCUT2D eigenvalue weighted by molar-refractivity contribution is -0.291. The largest absolute Gasteiger partial charge is 0.427 e. The topological polar surface area (TPSA) is 66.8 Å². The minimum Gasteiger partial charge on any atom is -0.427 e. The van der Waals surface area contributed by atoms with E-state index in [4.69, 9.17) is 4.74 Å². The molecule has 0 heterocycles. The van der Waals surface area contributed by atoms with Crippen LogP contribution < -0.4 is 0 Å². The van der Waals surface area contributed by atoms with Crippen molar-refractivity contribution in [2.45, 2.75) is 45.5 Å². The molecule has 0 aromatic heterocycles. The molecule has 2 aliphatic carbocycles. The summed E-state index contributed by atoms with van der Waals surface area (Å²) in [6.45, 7) is 9.20. The molecule has 4 nitrogen and oxygen atoms in total. The number of aliphatic hydroxyl groups excluding tert-OH is 1. The van der Waals surface area contributed by atoms with Crippen LogP contribution in [0.1, 0.15) is 33.6 Å². The van der Waals surface area contributed by atoms with Crippen molar-refractivity contribution in [2.75, 3.05) is 0 Å². The van der Waals surface area contributed by atoms with Crippen LogP contribution in [0.2, 0.25) is 0 Å². The molecule has 0 aliphatic heterocycles. The van der Waals surface area contributed by atoms with E-state index in [0.29, 0.717) is 0 Å². The Morgan fingerprint density at radius 3 is 2.47 bits per heavy atom. The first-order valence-corrected chi connectivity index (χ1v) is 5.96. The van der Waals surface area contributed by atoms with Crippen LogP contribution in [0, 0.1) is 16.7 Å². The summed E-state index contributed by atoms with van der Waals surface area (Å²) in [6, 6.07) is 0. The van der Waals surface area contributed by atoms with E-state index < -0.39 is 23.3 Å². The standard InChI is InChI=1S/C13H20O4/c1-5-9(14)17-13(16)10(15)8-6-7-12(13,4)11(8,2)3/h5,8,10,15-16H,1,6-7H2,2-4H3. The van der Waals surface area contributed by atoms with Crippen LogP contribution in [-0.4, -0.2) is 28.1 Å². The highest BCUT2D eigenvalue weighted by atomic mass is 16.7. The normalized spacial score (nSPS) is 46.9. The summed E-state index contributed by atoms with van der Waals surface area (Å²) in [5, 5.41) is 20.8. The van der Waals surface area contributed by atoms with Crippen LogP contribution in [0.15, 0.2) is 12.7 Å². The van der Waals surface area contributed by atoms with Gasteiger partial charge in [-0.2, -0.15) is 0 Å². The molecule has 96 valence electrons. The van der Waals surface area contributed by atoms with Gasteiger partial charge in [0.05, 0.1) is 0 Å². The summed E-state index contributed by atoms with van der Waals surface area (Å²) >= 11 is 0.